The zero-order valence-electron chi connectivity index (χ0n) is 26.4. The van der Waals surface area contributed by atoms with Gasteiger partial charge in [0.05, 0.1) is 45.7 Å². The number of hydrogen-bond donors (Lipinski definition) is 1. The third-order valence-electron chi connectivity index (χ3n) is 7.36. The fourth-order valence-corrected chi connectivity index (χ4v) is 6.30. The van der Waals surface area contributed by atoms with Gasteiger partial charge in [0.15, 0.2) is 11.5 Å². The average molecular weight is 756 g/mol. The number of amides is 1. The molecule has 276 valence electrons. The first kappa shape index (κ1) is 37.5. The molecule has 0 saturated carbocycles. The van der Waals surface area contributed by atoms with Crippen LogP contribution in [0.25, 0.3) is 0 Å². The number of aliphatic hydroxyl groups excluding tert-OH is 1. The lowest BCUT2D eigenvalue weighted by Crippen LogP contribution is -2.61. The van der Waals surface area contributed by atoms with Crippen LogP contribution in [0.1, 0.15) is 31.9 Å². The van der Waals surface area contributed by atoms with Gasteiger partial charge in [-0.3, -0.25) is 0 Å². The molecule has 1 fully saturated rings. The van der Waals surface area contributed by atoms with Crippen LogP contribution in [0.15, 0.2) is 70.0 Å². The number of piperidine rings is 1. The van der Waals surface area contributed by atoms with Crippen LogP contribution in [0, 0.1) is 0 Å². The Bertz CT molecular complexity index is 1890. The lowest BCUT2D eigenvalue weighted by atomic mass is 9.96. The zero-order chi connectivity index (χ0) is 37.9. The maximum atomic E-state index is 13.7. The number of alkyl halides is 9. The summed E-state index contributed by atoms with van der Waals surface area (Å²) in [6.45, 7) is 3.32. The molecule has 20 heteroatoms. The molecule has 2 aliphatic heterocycles. The number of likely N-dealkylation sites (tertiary alicyclic amines) is 1. The lowest BCUT2D eigenvalue weighted by Gasteiger charge is -2.45. The molecule has 2 heterocycles. The third-order valence-corrected chi connectivity index (χ3v) is 8.70. The molecular formula is C31H26F9N3O7S. The Labute approximate surface area is 283 Å². The van der Waals surface area contributed by atoms with E-state index < -0.39 is 105 Å². The number of ether oxygens (including phenoxy) is 3. The molecule has 0 radical (unpaired) electrons. The predicted octanol–water partition coefficient (Wildman–Crippen LogP) is 7.68. The van der Waals surface area contributed by atoms with Crippen LogP contribution >= 0.6 is 0 Å². The Balaban J connectivity index is 1.64. The number of rotatable bonds is 4. The van der Waals surface area contributed by atoms with Crippen molar-refractivity contribution in [1.82, 2.24) is 4.90 Å². The van der Waals surface area contributed by atoms with Crippen molar-refractivity contribution in [3.05, 3.63) is 71.8 Å². The number of carbonyl (C=O) groups is 1. The van der Waals surface area contributed by atoms with Gasteiger partial charge in [0.25, 0.3) is 10.0 Å². The van der Waals surface area contributed by atoms with Gasteiger partial charge >= 0.3 is 24.8 Å². The summed E-state index contributed by atoms with van der Waals surface area (Å²) in [6, 6.07) is 5.53. The highest BCUT2D eigenvalue weighted by Crippen LogP contribution is 2.51. The third kappa shape index (κ3) is 8.43. The molecule has 0 unspecified atom stereocenters. The summed E-state index contributed by atoms with van der Waals surface area (Å²) in [5.41, 5.74) is -4.58. The van der Waals surface area contributed by atoms with E-state index in [0.29, 0.717) is 36.4 Å². The van der Waals surface area contributed by atoms with Gasteiger partial charge in [-0.2, -0.15) is 39.2 Å². The van der Waals surface area contributed by atoms with Crippen molar-refractivity contribution in [1.29, 1.82) is 0 Å². The molecule has 1 N–H and O–H groups in total. The van der Waals surface area contributed by atoms with E-state index in [1.807, 2.05) is 0 Å². The molecule has 10 nitrogen and oxygen atoms in total. The average Bonchev–Trinajstić information content (AvgIpc) is 2.98. The van der Waals surface area contributed by atoms with Crippen molar-refractivity contribution < 1.29 is 72.0 Å². The van der Waals surface area contributed by atoms with Gasteiger partial charge in [-0.1, -0.05) is 0 Å². The molecule has 3 aromatic rings. The Morgan fingerprint density at radius 2 is 1.35 bits per heavy atom. The highest BCUT2D eigenvalue weighted by molar-refractivity contribution is 7.90. The van der Waals surface area contributed by atoms with E-state index in [2.05, 4.69) is 9.13 Å². The van der Waals surface area contributed by atoms with Crippen LogP contribution in [0.2, 0.25) is 0 Å². The first-order valence-corrected chi connectivity index (χ1v) is 16.0. The summed E-state index contributed by atoms with van der Waals surface area (Å²) in [5, 5.41) is 11.7. The van der Waals surface area contributed by atoms with E-state index >= 15 is 0 Å². The molecule has 0 spiro atoms. The number of aliphatic hydroxyl groups is 1. The highest BCUT2D eigenvalue weighted by Gasteiger charge is 2.45. The van der Waals surface area contributed by atoms with Gasteiger partial charge in [-0.25, -0.2) is 4.79 Å². The van der Waals surface area contributed by atoms with Gasteiger partial charge in [0.2, 0.25) is 0 Å². The van der Waals surface area contributed by atoms with Crippen LogP contribution in [0.3, 0.4) is 0 Å². The number of anilines is 2. The Morgan fingerprint density at radius 1 is 0.843 bits per heavy atom. The van der Waals surface area contributed by atoms with Gasteiger partial charge in [-0.05, 0) is 81.4 Å². The van der Waals surface area contributed by atoms with Crippen LogP contribution in [0.5, 0.6) is 17.2 Å². The van der Waals surface area contributed by atoms with Gasteiger partial charge in [0.1, 0.15) is 17.5 Å². The largest absolute Gasteiger partial charge is 0.573 e. The van der Waals surface area contributed by atoms with Gasteiger partial charge in [0, 0.05) is 6.54 Å². The fourth-order valence-electron chi connectivity index (χ4n) is 5.24. The SMILES string of the molecule is CC(C)(C)OC(=O)N1CC(=NS(=O)(=O)c2ccc(OC(F)(F)F)cc2)[C@H](O)[C@@H](N2c3ccc(C(F)(F)F)cc3Oc3cc(C(F)(F)F)ccc32)C1. The second kappa shape index (κ2) is 12.8. The smallest absolute Gasteiger partial charge is 0.453 e. The van der Waals surface area contributed by atoms with E-state index in [1.165, 1.54) is 20.8 Å². The quantitative estimate of drug-likeness (QED) is 0.270. The second-order valence-corrected chi connectivity index (χ2v) is 13.9. The van der Waals surface area contributed by atoms with Crippen LogP contribution in [-0.2, 0) is 27.1 Å². The minimum absolute atomic E-state index is 0.201. The first-order chi connectivity index (χ1) is 23.3. The van der Waals surface area contributed by atoms with Crippen LogP contribution in [-0.4, -0.2) is 67.4 Å². The molecule has 0 aromatic heterocycles. The normalized spacial score (nSPS) is 19.3. The van der Waals surface area contributed by atoms with Crippen molar-refractivity contribution >= 4 is 33.2 Å². The number of hydrogen-bond acceptors (Lipinski definition) is 8. The standard InChI is InChI=1S/C31H26F9N3O7S/c1-28(2,3)50-27(45)42-14-20(41-51(46,47)19-8-6-18(7-9-19)49-31(38,39)40)26(44)23(15-42)43-21-10-4-16(29(32,33)34)12-24(21)48-25-13-17(30(35,36)37)5-11-22(25)43/h4-13,23,26,44H,14-15H2,1-3H3/t23-,26-/m0/s1. The number of carbonyl (C=O) groups excluding carboxylic acids is 1. The summed E-state index contributed by atoms with van der Waals surface area (Å²) in [6.07, 6.45) is -17.9. The predicted molar refractivity (Wildman–Crippen MR) is 160 cm³/mol. The van der Waals surface area contributed by atoms with E-state index in [-0.39, 0.29) is 11.4 Å². The minimum Gasteiger partial charge on any atom is -0.453 e. The molecule has 1 amide bonds. The Kier molecular flexibility index (Phi) is 9.42. The second-order valence-electron chi connectivity index (χ2n) is 12.3. The summed E-state index contributed by atoms with van der Waals surface area (Å²) >= 11 is 0. The van der Waals surface area contributed by atoms with E-state index in [9.17, 15) is 57.8 Å². The van der Waals surface area contributed by atoms with Crippen LogP contribution in [0.4, 0.5) is 55.7 Å². The molecule has 51 heavy (non-hydrogen) atoms. The number of sulfonamides is 1. The molecule has 2 aliphatic rings. The number of fused-ring (bicyclic) bond motifs is 2. The maximum absolute atomic E-state index is 13.7. The molecule has 0 aliphatic carbocycles. The highest BCUT2D eigenvalue weighted by atomic mass is 32.2. The zero-order valence-corrected chi connectivity index (χ0v) is 27.2. The summed E-state index contributed by atoms with van der Waals surface area (Å²) in [4.78, 5) is 14.7. The van der Waals surface area contributed by atoms with Gasteiger partial charge < -0.3 is 29.1 Å². The maximum Gasteiger partial charge on any atom is 0.573 e. The van der Waals surface area contributed by atoms with Gasteiger partial charge in [-0.15, -0.1) is 13.2 Å². The Hall–Kier alpha value is -4.72. The van der Waals surface area contributed by atoms with Crippen LogP contribution < -0.4 is 14.4 Å². The van der Waals surface area contributed by atoms with Crippen molar-refractivity contribution in [3.8, 4) is 17.2 Å². The number of halogens is 9. The molecule has 3 aromatic carbocycles. The van der Waals surface area contributed by atoms with Crippen molar-refractivity contribution in [2.45, 2.75) is 62.1 Å². The molecule has 1 saturated heterocycles. The molecule has 2 atom stereocenters. The summed E-state index contributed by atoms with van der Waals surface area (Å²) < 4.78 is 165. The summed E-state index contributed by atoms with van der Waals surface area (Å²) in [5.74, 6) is -1.91. The first-order valence-electron chi connectivity index (χ1n) is 14.6. The molecular weight excluding hydrogens is 729 g/mol. The molecule has 0 bridgehead atoms. The monoisotopic (exact) mass is 755 g/mol. The number of nitrogens with zero attached hydrogens (tertiary/aromatic N) is 3. The lowest BCUT2D eigenvalue weighted by molar-refractivity contribution is -0.274. The van der Waals surface area contributed by atoms with E-state index in [4.69, 9.17) is 9.47 Å². The topological polar surface area (TPSA) is 118 Å². The van der Waals surface area contributed by atoms with E-state index in [0.717, 1.165) is 34.1 Å². The summed E-state index contributed by atoms with van der Waals surface area (Å²) in [7, 11) is -4.84. The molecule has 5 rings (SSSR count). The Morgan fingerprint density at radius 3 is 1.80 bits per heavy atom. The van der Waals surface area contributed by atoms with Crippen molar-refractivity contribution in [3.63, 3.8) is 0 Å². The number of benzene rings is 3. The fraction of sp³-hybridized carbons (Fsp3) is 0.355. The van der Waals surface area contributed by atoms with Crippen molar-refractivity contribution in [2.24, 2.45) is 4.40 Å². The van der Waals surface area contributed by atoms with Crippen molar-refractivity contribution in [2.75, 3.05) is 18.0 Å². The minimum atomic E-state index is -5.08. The van der Waals surface area contributed by atoms with E-state index in [1.54, 1.807) is 0 Å².